The molecule has 0 fully saturated rings. The Hall–Kier alpha value is -1.99. The highest BCUT2D eigenvalue weighted by atomic mass is 35.5. The molecule has 8 heteroatoms. The maximum absolute atomic E-state index is 13.0. The number of rotatable bonds is 4. The van der Waals surface area contributed by atoms with Crippen molar-refractivity contribution in [2.24, 2.45) is 0 Å². The molecule has 0 aliphatic rings. The van der Waals surface area contributed by atoms with Crippen LogP contribution in [0, 0.1) is 5.82 Å². The summed E-state index contributed by atoms with van der Waals surface area (Å²) in [5.41, 5.74) is 6.01. The first-order valence-electron chi connectivity index (χ1n) is 5.75. The summed E-state index contributed by atoms with van der Waals surface area (Å²) >= 11 is 5.80. The molecule has 2 rings (SSSR count). The van der Waals surface area contributed by atoms with Gasteiger partial charge in [-0.3, -0.25) is 4.72 Å². The van der Waals surface area contributed by atoms with Gasteiger partial charge in [-0.05, 0) is 30.3 Å². The lowest BCUT2D eigenvalue weighted by Crippen LogP contribution is -2.14. The van der Waals surface area contributed by atoms with Crippen LogP contribution < -0.4 is 15.2 Å². The van der Waals surface area contributed by atoms with E-state index in [2.05, 4.69) is 4.72 Å². The molecular formula is C13H12ClFN2O3S. The molecule has 0 aliphatic heterocycles. The zero-order valence-electron chi connectivity index (χ0n) is 10.9. The number of nitrogens with two attached hydrogens (primary N) is 1. The van der Waals surface area contributed by atoms with E-state index in [1.807, 2.05) is 0 Å². The summed E-state index contributed by atoms with van der Waals surface area (Å²) in [5, 5.41) is -0.0482. The number of nitrogens with one attached hydrogen (secondary N) is 1. The molecule has 21 heavy (non-hydrogen) atoms. The Kier molecular flexibility index (Phi) is 4.24. The molecule has 0 radical (unpaired) electrons. The van der Waals surface area contributed by atoms with Gasteiger partial charge in [0, 0.05) is 11.8 Å². The van der Waals surface area contributed by atoms with Crippen LogP contribution in [-0.2, 0) is 10.0 Å². The molecule has 0 aromatic heterocycles. The number of ether oxygens (including phenoxy) is 1. The van der Waals surface area contributed by atoms with Gasteiger partial charge in [-0.25, -0.2) is 12.8 Å². The molecular weight excluding hydrogens is 319 g/mol. The summed E-state index contributed by atoms with van der Waals surface area (Å²) < 4.78 is 44.9. The molecule has 0 spiro atoms. The van der Waals surface area contributed by atoms with Crippen molar-refractivity contribution in [1.82, 2.24) is 0 Å². The van der Waals surface area contributed by atoms with Gasteiger partial charge in [0.25, 0.3) is 10.0 Å². The first kappa shape index (κ1) is 15.4. The van der Waals surface area contributed by atoms with Crippen molar-refractivity contribution < 1.29 is 17.5 Å². The van der Waals surface area contributed by atoms with Crippen LogP contribution in [0.25, 0.3) is 0 Å². The van der Waals surface area contributed by atoms with E-state index < -0.39 is 15.8 Å². The van der Waals surface area contributed by atoms with Gasteiger partial charge in [-0.2, -0.15) is 0 Å². The number of nitrogen functional groups attached to an aromatic ring is 1. The summed E-state index contributed by atoms with van der Waals surface area (Å²) in [4.78, 5) is -0.0976. The fraction of sp³-hybridized carbons (Fsp3) is 0.0769. The summed E-state index contributed by atoms with van der Waals surface area (Å²) in [6.07, 6.45) is 0. The Morgan fingerprint density at radius 3 is 2.57 bits per heavy atom. The van der Waals surface area contributed by atoms with Crippen molar-refractivity contribution in [3.05, 3.63) is 47.2 Å². The highest BCUT2D eigenvalue weighted by Crippen LogP contribution is 2.30. The molecule has 0 saturated carbocycles. The van der Waals surface area contributed by atoms with Gasteiger partial charge in [-0.15, -0.1) is 0 Å². The molecule has 0 aliphatic carbocycles. The third-order valence-electron chi connectivity index (χ3n) is 2.65. The van der Waals surface area contributed by atoms with Gasteiger partial charge >= 0.3 is 0 Å². The maximum atomic E-state index is 13.0. The monoisotopic (exact) mass is 330 g/mol. The van der Waals surface area contributed by atoms with Crippen molar-refractivity contribution in [1.29, 1.82) is 0 Å². The Morgan fingerprint density at radius 1 is 1.24 bits per heavy atom. The summed E-state index contributed by atoms with van der Waals surface area (Å²) in [5.74, 6) is -0.464. The highest BCUT2D eigenvalue weighted by Gasteiger charge is 2.20. The lowest BCUT2D eigenvalue weighted by Gasteiger charge is -2.13. The predicted molar refractivity (Wildman–Crippen MR) is 79.6 cm³/mol. The van der Waals surface area contributed by atoms with Gasteiger partial charge in [0.1, 0.15) is 16.5 Å². The molecule has 112 valence electrons. The standard InChI is InChI=1S/C13H12ClFN2O3S/c1-20-12-7-9(16)3-5-13(12)21(18,19)17-11-4-2-8(15)6-10(11)14/h2-7,17H,16H2,1H3. The molecule has 2 aromatic rings. The second-order valence-corrected chi connectivity index (χ2v) is 6.20. The summed E-state index contributed by atoms with van der Waals surface area (Å²) in [7, 11) is -2.61. The average molecular weight is 331 g/mol. The van der Waals surface area contributed by atoms with E-state index in [0.29, 0.717) is 5.69 Å². The molecule has 2 aromatic carbocycles. The van der Waals surface area contributed by atoms with Crippen LogP contribution >= 0.6 is 11.6 Å². The average Bonchev–Trinajstić information content (AvgIpc) is 2.41. The number of methoxy groups -OCH3 is 1. The number of benzene rings is 2. The predicted octanol–water partition coefficient (Wildman–Crippen LogP) is 2.87. The first-order valence-corrected chi connectivity index (χ1v) is 7.61. The van der Waals surface area contributed by atoms with Gasteiger partial charge in [-0.1, -0.05) is 11.6 Å². The summed E-state index contributed by atoms with van der Waals surface area (Å²) in [6, 6.07) is 7.49. The first-order chi connectivity index (χ1) is 9.83. The van der Waals surface area contributed by atoms with Gasteiger partial charge in [0.2, 0.25) is 0 Å². The third kappa shape index (κ3) is 3.37. The van der Waals surface area contributed by atoms with Crippen LogP contribution in [0.1, 0.15) is 0 Å². The normalized spacial score (nSPS) is 11.2. The van der Waals surface area contributed by atoms with E-state index in [-0.39, 0.29) is 21.4 Å². The minimum Gasteiger partial charge on any atom is -0.495 e. The molecule has 0 unspecified atom stereocenters. The van der Waals surface area contributed by atoms with Crippen LogP contribution in [-0.4, -0.2) is 15.5 Å². The van der Waals surface area contributed by atoms with Gasteiger partial charge in [0.15, 0.2) is 0 Å². The maximum Gasteiger partial charge on any atom is 0.265 e. The van der Waals surface area contributed by atoms with Crippen molar-refractivity contribution in [3.63, 3.8) is 0 Å². The lowest BCUT2D eigenvalue weighted by atomic mass is 10.3. The number of hydrogen-bond acceptors (Lipinski definition) is 4. The number of halogens is 2. The largest absolute Gasteiger partial charge is 0.495 e. The van der Waals surface area contributed by atoms with E-state index in [4.69, 9.17) is 22.1 Å². The Bertz CT molecular complexity index is 781. The lowest BCUT2D eigenvalue weighted by molar-refractivity contribution is 0.403. The molecule has 0 saturated heterocycles. The fourth-order valence-electron chi connectivity index (χ4n) is 1.68. The number of hydrogen-bond donors (Lipinski definition) is 2. The van der Waals surface area contributed by atoms with Gasteiger partial charge in [0.05, 0.1) is 17.8 Å². The van der Waals surface area contributed by atoms with Crippen LogP contribution in [0.15, 0.2) is 41.3 Å². The molecule has 3 N–H and O–H groups in total. The summed E-state index contributed by atoms with van der Waals surface area (Å²) in [6.45, 7) is 0. The van der Waals surface area contributed by atoms with Crippen LogP contribution in [0.4, 0.5) is 15.8 Å². The minimum atomic E-state index is -3.95. The Labute approximate surface area is 126 Å². The van der Waals surface area contributed by atoms with Crippen molar-refractivity contribution in [2.45, 2.75) is 4.90 Å². The van der Waals surface area contributed by atoms with E-state index in [9.17, 15) is 12.8 Å². The molecule has 0 bridgehead atoms. The van der Waals surface area contributed by atoms with Crippen LogP contribution in [0.5, 0.6) is 5.75 Å². The van der Waals surface area contributed by atoms with Crippen molar-refractivity contribution >= 4 is 33.0 Å². The Morgan fingerprint density at radius 2 is 1.95 bits per heavy atom. The third-order valence-corrected chi connectivity index (χ3v) is 4.37. The zero-order chi connectivity index (χ0) is 15.6. The SMILES string of the molecule is COc1cc(N)ccc1S(=O)(=O)Nc1ccc(F)cc1Cl. The minimum absolute atomic E-state index is 0.0482. The van der Waals surface area contributed by atoms with E-state index >= 15 is 0 Å². The highest BCUT2D eigenvalue weighted by molar-refractivity contribution is 7.92. The topological polar surface area (TPSA) is 81.4 Å². The molecule has 0 atom stereocenters. The number of anilines is 2. The molecule has 0 heterocycles. The smallest absolute Gasteiger partial charge is 0.265 e. The van der Waals surface area contributed by atoms with Crippen molar-refractivity contribution in [3.8, 4) is 5.75 Å². The van der Waals surface area contributed by atoms with E-state index in [0.717, 1.165) is 12.1 Å². The fourth-order valence-corrected chi connectivity index (χ4v) is 3.18. The number of sulfonamides is 1. The molecule has 0 amide bonds. The zero-order valence-corrected chi connectivity index (χ0v) is 12.5. The van der Waals surface area contributed by atoms with Crippen LogP contribution in [0.2, 0.25) is 5.02 Å². The van der Waals surface area contributed by atoms with Crippen LogP contribution in [0.3, 0.4) is 0 Å². The van der Waals surface area contributed by atoms with Gasteiger partial charge < -0.3 is 10.5 Å². The van der Waals surface area contributed by atoms with Crippen molar-refractivity contribution in [2.75, 3.05) is 17.6 Å². The Balaban J connectivity index is 2.43. The van der Waals surface area contributed by atoms with E-state index in [1.165, 1.54) is 31.4 Å². The quantitative estimate of drug-likeness (QED) is 0.845. The molecule has 5 nitrogen and oxygen atoms in total. The second-order valence-electron chi connectivity index (χ2n) is 4.14. The second kappa shape index (κ2) is 5.79. The van der Waals surface area contributed by atoms with E-state index in [1.54, 1.807) is 0 Å².